The summed E-state index contributed by atoms with van der Waals surface area (Å²) in [6, 6.07) is 8.74. The molecule has 6 heteroatoms. The Morgan fingerprint density at radius 2 is 1.96 bits per heavy atom. The second-order valence-corrected chi connectivity index (χ2v) is 6.18. The number of ether oxygens (including phenoxy) is 2. The van der Waals surface area contributed by atoms with E-state index >= 15 is 0 Å². The van der Waals surface area contributed by atoms with Gasteiger partial charge in [0.2, 0.25) is 0 Å². The number of fused-ring (bicyclic) bond motifs is 2. The van der Waals surface area contributed by atoms with E-state index < -0.39 is 0 Å². The molecule has 5 nitrogen and oxygen atoms in total. The predicted molar refractivity (Wildman–Crippen MR) is 87.8 cm³/mol. The minimum atomic E-state index is -0.144. The van der Waals surface area contributed by atoms with Crippen LogP contribution in [-0.2, 0) is 6.54 Å². The first-order valence-electron chi connectivity index (χ1n) is 7.22. The van der Waals surface area contributed by atoms with Gasteiger partial charge in [-0.1, -0.05) is 0 Å². The van der Waals surface area contributed by atoms with Crippen molar-refractivity contribution in [3.05, 3.63) is 57.8 Å². The normalized spacial score (nSPS) is 13.2. The number of ketones is 1. The first-order valence-corrected chi connectivity index (χ1v) is 8.10. The monoisotopic (exact) mass is 327 g/mol. The Bertz CT molecular complexity index is 957. The molecule has 1 aromatic carbocycles. The van der Waals surface area contributed by atoms with E-state index in [1.807, 2.05) is 11.4 Å². The molecule has 23 heavy (non-hydrogen) atoms. The molecule has 1 aliphatic heterocycles. The molecule has 1 aliphatic rings. The SMILES string of the molecule is O=C(Cn1ccc2sccc2c1=O)c1ccc2c(c1)OCCO2. The molecule has 4 rings (SSSR count). The topological polar surface area (TPSA) is 57.5 Å². The van der Waals surface area contributed by atoms with Crippen molar-refractivity contribution in [1.82, 2.24) is 4.57 Å². The van der Waals surface area contributed by atoms with Crippen molar-refractivity contribution >= 4 is 27.2 Å². The Balaban J connectivity index is 1.64. The van der Waals surface area contributed by atoms with Gasteiger partial charge in [0.05, 0.1) is 11.9 Å². The van der Waals surface area contributed by atoms with Crippen LogP contribution in [-0.4, -0.2) is 23.6 Å². The second-order valence-electron chi connectivity index (χ2n) is 5.23. The number of thiophene rings is 1. The summed E-state index contributed by atoms with van der Waals surface area (Å²) >= 11 is 1.51. The number of nitrogens with zero attached hydrogens (tertiary/aromatic N) is 1. The van der Waals surface area contributed by atoms with Gasteiger partial charge < -0.3 is 14.0 Å². The van der Waals surface area contributed by atoms with E-state index in [4.69, 9.17) is 9.47 Å². The summed E-state index contributed by atoms with van der Waals surface area (Å²) in [5, 5.41) is 2.52. The van der Waals surface area contributed by atoms with Crippen molar-refractivity contribution in [2.75, 3.05) is 13.2 Å². The van der Waals surface area contributed by atoms with Crippen molar-refractivity contribution in [3.8, 4) is 11.5 Å². The number of hydrogen-bond acceptors (Lipinski definition) is 5. The summed E-state index contributed by atoms with van der Waals surface area (Å²) < 4.78 is 13.3. The average molecular weight is 327 g/mol. The molecule has 0 unspecified atom stereocenters. The van der Waals surface area contributed by atoms with Gasteiger partial charge in [0.1, 0.15) is 13.2 Å². The predicted octanol–water partition coefficient (Wildman–Crippen LogP) is 2.72. The molecule has 0 N–H and O–H groups in total. The number of benzene rings is 1. The third-order valence-electron chi connectivity index (χ3n) is 3.77. The summed E-state index contributed by atoms with van der Waals surface area (Å²) in [6.07, 6.45) is 1.66. The molecule has 0 atom stereocenters. The third kappa shape index (κ3) is 2.51. The molecule has 2 aromatic heterocycles. The lowest BCUT2D eigenvalue weighted by molar-refractivity contribution is 0.0970. The lowest BCUT2D eigenvalue weighted by atomic mass is 10.1. The Labute approximate surface area is 135 Å². The van der Waals surface area contributed by atoms with Crippen LogP contribution in [0.2, 0.25) is 0 Å². The molecule has 0 fully saturated rings. The molecular weight excluding hydrogens is 314 g/mol. The highest BCUT2D eigenvalue weighted by Crippen LogP contribution is 2.30. The highest BCUT2D eigenvalue weighted by molar-refractivity contribution is 7.17. The van der Waals surface area contributed by atoms with E-state index in [0.29, 0.717) is 35.7 Å². The van der Waals surface area contributed by atoms with Crippen molar-refractivity contribution in [1.29, 1.82) is 0 Å². The number of carbonyl (C=O) groups is 1. The van der Waals surface area contributed by atoms with Crippen molar-refractivity contribution in [2.24, 2.45) is 0 Å². The minimum Gasteiger partial charge on any atom is -0.486 e. The van der Waals surface area contributed by atoms with Crippen molar-refractivity contribution in [2.45, 2.75) is 6.54 Å². The number of pyridine rings is 1. The lowest BCUT2D eigenvalue weighted by Crippen LogP contribution is -2.23. The van der Waals surface area contributed by atoms with Gasteiger partial charge in [-0.15, -0.1) is 11.3 Å². The maximum Gasteiger partial charge on any atom is 0.259 e. The minimum absolute atomic E-state index is 0.00423. The number of rotatable bonds is 3. The van der Waals surface area contributed by atoms with Crippen LogP contribution in [0.1, 0.15) is 10.4 Å². The van der Waals surface area contributed by atoms with Crippen LogP contribution in [0.25, 0.3) is 10.1 Å². The largest absolute Gasteiger partial charge is 0.486 e. The summed E-state index contributed by atoms with van der Waals surface area (Å²) in [5.41, 5.74) is 0.362. The van der Waals surface area contributed by atoms with Crippen LogP contribution in [0.4, 0.5) is 0 Å². The fourth-order valence-corrected chi connectivity index (χ4v) is 3.37. The van der Waals surface area contributed by atoms with Crippen LogP contribution in [0.3, 0.4) is 0 Å². The number of carbonyl (C=O) groups excluding carboxylic acids is 1. The molecule has 0 saturated carbocycles. The maximum absolute atomic E-state index is 12.5. The van der Waals surface area contributed by atoms with E-state index in [0.717, 1.165) is 4.70 Å². The molecule has 0 amide bonds. The van der Waals surface area contributed by atoms with Gasteiger partial charge in [-0.3, -0.25) is 9.59 Å². The van der Waals surface area contributed by atoms with Crippen LogP contribution < -0.4 is 15.0 Å². The van der Waals surface area contributed by atoms with Crippen molar-refractivity contribution in [3.63, 3.8) is 0 Å². The van der Waals surface area contributed by atoms with Gasteiger partial charge in [0, 0.05) is 16.5 Å². The lowest BCUT2D eigenvalue weighted by Gasteiger charge is -2.18. The Hall–Kier alpha value is -2.60. The summed E-state index contributed by atoms with van der Waals surface area (Å²) in [7, 11) is 0. The standard InChI is InChI=1S/C17H13NO4S/c19-13(11-1-2-14-15(9-11)22-7-6-21-14)10-18-5-3-16-12(17(18)20)4-8-23-16/h1-5,8-9H,6-7,10H2. The van der Waals surface area contributed by atoms with Gasteiger partial charge >= 0.3 is 0 Å². The summed E-state index contributed by atoms with van der Waals surface area (Å²) in [5.74, 6) is 1.08. The van der Waals surface area contributed by atoms with E-state index in [9.17, 15) is 9.59 Å². The Morgan fingerprint density at radius 1 is 1.13 bits per heavy atom. The van der Waals surface area contributed by atoms with E-state index in [2.05, 4.69) is 0 Å². The number of aromatic nitrogens is 1. The van der Waals surface area contributed by atoms with Gasteiger partial charge in [-0.25, -0.2) is 0 Å². The Morgan fingerprint density at radius 3 is 2.83 bits per heavy atom. The Kier molecular flexibility index (Phi) is 3.38. The molecule has 116 valence electrons. The van der Waals surface area contributed by atoms with Crippen molar-refractivity contribution < 1.29 is 14.3 Å². The molecule has 0 bridgehead atoms. The fourth-order valence-electron chi connectivity index (χ4n) is 2.59. The summed E-state index contributed by atoms with van der Waals surface area (Å²) in [4.78, 5) is 24.8. The zero-order chi connectivity index (χ0) is 15.8. The first kappa shape index (κ1) is 14.0. The maximum atomic E-state index is 12.5. The quantitative estimate of drug-likeness (QED) is 0.694. The molecule has 0 radical (unpaired) electrons. The van der Waals surface area contributed by atoms with Crippen LogP contribution >= 0.6 is 11.3 Å². The summed E-state index contributed by atoms with van der Waals surface area (Å²) in [6.45, 7) is 0.986. The average Bonchev–Trinajstić information content (AvgIpc) is 3.06. The van der Waals surface area contributed by atoms with E-state index in [1.165, 1.54) is 15.9 Å². The molecule has 0 saturated heterocycles. The van der Waals surface area contributed by atoms with Crippen LogP contribution in [0.15, 0.2) is 46.7 Å². The molecule has 3 aromatic rings. The molecule has 3 heterocycles. The van der Waals surface area contributed by atoms with E-state index in [1.54, 1.807) is 30.5 Å². The smallest absolute Gasteiger partial charge is 0.259 e. The van der Waals surface area contributed by atoms with Crippen LogP contribution in [0, 0.1) is 0 Å². The van der Waals surface area contributed by atoms with Gasteiger partial charge in [-0.05, 0) is 35.7 Å². The van der Waals surface area contributed by atoms with Gasteiger partial charge in [0.25, 0.3) is 5.56 Å². The zero-order valence-corrected chi connectivity index (χ0v) is 13.0. The van der Waals surface area contributed by atoms with Crippen LogP contribution in [0.5, 0.6) is 11.5 Å². The van der Waals surface area contributed by atoms with E-state index in [-0.39, 0.29) is 17.9 Å². The third-order valence-corrected chi connectivity index (χ3v) is 4.65. The highest BCUT2D eigenvalue weighted by atomic mass is 32.1. The zero-order valence-electron chi connectivity index (χ0n) is 12.2. The van der Waals surface area contributed by atoms with Gasteiger partial charge in [-0.2, -0.15) is 0 Å². The van der Waals surface area contributed by atoms with Gasteiger partial charge in [0.15, 0.2) is 17.3 Å². The highest BCUT2D eigenvalue weighted by Gasteiger charge is 2.16. The fraction of sp³-hybridized carbons (Fsp3) is 0.176. The number of hydrogen-bond donors (Lipinski definition) is 0. The molecular formula is C17H13NO4S. The first-order chi connectivity index (χ1) is 11.2. The number of Topliss-reactive ketones (excluding diaryl/α,β-unsaturated/α-hetero) is 1. The molecule has 0 aliphatic carbocycles. The second kappa shape index (κ2) is 5.55. The molecule has 0 spiro atoms.